The van der Waals surface area contributed by atoms with Gasteiger partial charge < -0.3 is 20.9 Å². The number of aromatic nitrogens is 1. The van der Waals surface area contributed by atoms with E-state index in [0.29, 0.717) is 35.4 Å². The molecule has 1 aromatic heterocycles. The van der Waals surface area contributed by atoms with Gasteiger partial charge in [0.2, 0.25) is 0 Å². The van der Waals surface area contributed by atoms with Crippen LogP contribution in [0.25, 0.3) is 5.70 Å². The fourth-order valence-corrected chi connectivity index (χ4v) is 5.25. The van der Waals surface area contributed by atoms with Gasteiger partial charge >= 0.3 is 6.61 Å². The topological polar surface area (TPSA) is 99.0 Å². The Balaban J connectivity index is 1.34. The Bertz CT molecular complexity index is 990. The summed E-state index contributed by atoms with van der Waals surface area (Å²) in [4.78, 5) is 11.3. The first-order valence-electron chi connectivity index (χ1n) is 11.2. The first kappa shape index (κ1) is 21.3. The largest absolute Gasteiger partial charge is 0.431 e. The van der Waals surface area contributed by atoms with Gasteiger partial charge in [-0.15, -0.1) is 0 Å². The first-order chi connectivity index (χ1) is 15.3. The number of hydrogen-bond donors (Lipinski definition) is 2. The summed E-state index contributed by atoms with van der Waals surface area (Å²) >= 11 is 0. The second kappa shape index (κ2) is 8.12. The number of alkyl halides is 2. The Morgan fingerprint density at radius 2 is 2.03 bits per heavy atom. The first-order valence-corrected chi connectivity index (χ1v) is 11.2. The molecule has 3 unspecified atom stereocenters. The van der Waals surface area contributed by atoms with Gasteiger partial charge in [-0.3, -0.25) is 9.89 Å². The number of ether oxygens (including phenoxy) is 2. The number of fused-ring (bicyclic) bond motifs is 3. The number of halogens is 2. The summed E-state index contributed by atoms with van der Waals surface area (Å²) in [6, 6.07) is 2.08. The Hall–Kier alpha value is -2.52. The second-order valence-corrected chi connectivity index (χ2v) is 9.35. The zero-order valence-electron chi connectivity index (χ0n) is 18.3. The Labute approximate surface area is 186 Å². The van der Waals surface area contributed by atoms with E-state index in [1.54, 1.807) is 0 Å². The van der Waals surface area contributed by atoms with Gasteiger partial charge in [0.1, 0.15) is 0 Å². The maximum Gasteiger partial charge on any atom is 0.387 e. The highest BCUT2D eigenvalue weighted by Crippen LogP contribution is 2.54. The smallest absolute Gasteiger partial charge is 0.387 e. The number of nitrogens with two attached hydrogens (primary N) is 2. The lowest BCUT2D eigenvalue weighted by Gasteiger charge is -2.49. The Morgan fingerprint density at radius 3 is 2.62 bits per heavy atom. The number of pyridine rings is 1. The predicted molar refractivity (Wildman–Crippen MR) is 118 cm³/mol. The van der Waals surface area contributed by atoms with Crippen molar-refractivity contribution in [1.29, 1.82) is 0 Å². The molecule has 2 bridgehead atoms. The molecule has 0 amide bonds. The van der Waals surface area contributed by atoms with Gasteiger partial charge in [0.25, 0.3) is 0 Å². The highest BCUT2D eigenvalue weighted by atomic mass is 19.3. The molecule has 4 fully saturated rings. The molecule has 0 radical (unpaired) electrons. The van der Waals surface area contributed by atoms with Crippen molar-refractivity contribution in [3.63, 3.8) is 0 Å². The van der Waals surface area contributed by atoms with Gasteiger partial charge in [-0.2, -0.15) is 8.78 Å². The van der Waals surface area contributed by atoms with Crippen LogP contribution in [-0.4, -0.2) is 59.6 Å². The average Bonchev–Trinajstić information content (AvgIpc) is 3.21. The van der Waals surface area contributed by atoms with Crippen LogP contribution in [0.5, 0.6) is 5.75 Å². The minimum absolute atomic E-state index is 0.105. The van der Waals surface area contributed by atoms with Crippen molar-refractivity contribution < 1.29 is 18.3 Å². The third kappa shape index (κ3) is 4.11. The molecule has 0 spiro atoms. The van der Waals surface area contributed by atoms with Crippen LogP contribution in [0.4, 0.5) is 14.6 Å². The highest BCUT2D eigenvalue weighted by Gasteiger charge is 2.50. The van der Waals surface area contributed by atoms with Gasteiger partial charge in [-0.05, 0) is 44.4 Å². The molecule has 172 valence electrons. The molecule has 7 nitrogen and oxygen atoms in total. The van der Waals surface area contributed by atoms with Crippen molar-refractivity contribution in [2.45, 2.75) is 64.0 Å². The van der Waals surface area contributed by atoms with Gasteiger partial charge in [0.15, 0.2) is 11.6 Å². The zero-order valence-corrected chi connectivity index (χ0v) is 18.3. The molecule has 5 aliphatic rings. The van der Waals surface area contributed by atoms with Crippen molar-refractivity contribution >= 4 is 17.2 Å². The molecule has 9 heteroatoms. The number of allylic oxidation sites excluding steroid dienone is 2. The molecule has 3 aliphatic heterocycles. The number of rotatable bonds is 7. The number of hydrogen-bond acceptors (Lipinski definition) is 7. The third-order valence-corrected chi connectivity index (χ3v) is 6.70. The van der Waals surface area contributed by atoms with Crippen LogP contribution in [0.3, 0.4) is 0 Å². The van der Waals surface area contributed by atoms with Crippen LogP contribution in [0.2, 0.25) is 0 Å². The van der Waals surface area contributed by atoms with E-state index in [4.69, 9.17) is 21.2 Å². The third-order valence-electron chi connectivity index (χ3n) is 6.70. The minimum Gasteiger partial charge on any atom is -0.431 e. The standard InChI is InChI=1S/C23H29F2N5O2/c1-11(2)29-19(7-18(26)12-3-20(32-23(24)25)22(27)28-8-12)21-16-4-13(5-17(16)21)30-9-14-6-15(10-30)31-14/h3,7-8,11,13-16,23H,4-6,9-10,26H2,1-2H3,(H2,27,28)/t13?,14?,15?,16-/m1/s1. The fourth-order valence-electron chi connectivity index (χ4n) is 5.25. The van der Waals surface area contributed by atoms with Gasteiger partial charge in [-0.25, -0.2) is 4.98 Å². The molecule has 4 atom stereocenters. The molecule has 2 aliphatic carbocycles. The summed E-state index contributed by atoms with van der Waals surface area (Å²) in [5, 5.41) is 0. The number of morpholine rings is 1. The van der Waals surface area contributed by atoms with E-state index in [-0.39, 0.29) is 17.6 Å². The van der Waals surface area contributed by atoms with Crippen molar-refractivity contribution in [2.75, 3.05) is 18.8 Å². The normalized spacial score (nSPS) is 30.1. The lowest BCUT2D eigenvalue weighted by atomic mass is 9.95. The molecule has 1 saturated carbocycles. The van der Waals surface area contributed by atoms with Gasteiger partial charge in [-0.1, -0.05) is 5.57 Å². The number of nitrogen functional groups attached to an aromatic ring is 1. The number of aliphatic imine (C=N–C) groups is 1. The molecule has 6 rings (SSSR count). The Morgan fingerprint density at radius 1 is 1.31 bits per heavy atom. The summed E-state index contributed by atoms with van der Waals surface area (Å²) in [5.41, 5.74) is 16.4. The number of nitrogens with zero attached hydrogens (tertiary/aromatic N) is 3. The maximum atomic E-state index is 12.6. The molecule has 1 aromatic rings. The van der Waals surface area contributed by atoms with E-state index >= 15 is 0 Å². The van der Waals surface area contributed by atoms with Crippen LogP contribution < -0.4 is 16.2 Å². The van der Waals surface area contributed by atoms with E-state index in [0.717, 1.165) is 31.6 Å². The van der Waals surface area contributed by atoms with E-state index in [1.807, 2.05) is 19.9 Å². The minimum atomic E-state index is -2.99. The monoisotopic (exact) mass is 445 g/mol. The lowest BCUT2D eigenvalue weighted by Crippen LogP contribution is -2.59. The Kier molecular flexibility index (Phi) is 5.41. The van der Waals surface area contributed by atoms with E-state index in [1.165, 1.54) is 29.8 Å². The van der Waals surface area contributed by atoms with Crippen LogP contribution in [0.1, 0.15) is 38.7 Å². The maximum absolute atomic E-state index is 12.6. The predicted octanol–water partition coefficient (Wildman–Crippen LogP) is 2.98. The van der Waals surface area contributed by atoms with Crippen molar-refractivity contribution in [3.8, 4) is 5.75 Å². The van der Waals surface area contributed by atoms with Crippen molar-refractivity contribution in [1.82, 2.24) is 9.88 Å². The summed E-state index contributed by atoms with van der Waals surface area (Å²) in [6.45, 7) is 3.15. The lowest BCUT2D eigenvalue weighted by molar-refractivity contribution is -0.187. The van der Waals surface area contributed by atoms with Crippen LogP contribution in [-0.2, 0) is 4.74 Å². The molecule has 4 heterocycles. The van der Waals surface area contributed by atoms with Crippen LogP contribution in [0, 0.1) is 5.92 Å². The average molecular weight is 446 g/mol. The van der Waals surface area contributed by atoms with Crippen molar-refractivity contribution in [3.05, 3.63) is 35.0 Å². The molecule has 3 saturated heterocycles. The molecular weight excluding hydrogens is 416 g/mol. The van der Waals surface area contributed by atoms with Gasteiger partial charge in [0.05, 0.1) is 17.9 Å². The summed E-state index contributed by atoms with van der Waals surface area (Å²) in [6.07, 6.45) is 7.52. The summed E-state index contributed by atoms with van der Waals surface area (Å²) in [5.74, 6) is 0.169. The SMILES string of the molecule is CC(C)N=C(C=C(N)c1cnc(N)c(OC(F)F)c1)C1=C2CC(N3CC4CC(C3)O4)C[C@H]21. The quantitative estimate of drug-likeness (QED) is 0.626. The van der Waals surface area contributed by atoms with Gasteiger partial charge in [0, 0.05) is 55.0 Å². The fraction of sp³-hybridized carbons (Fsp3) is 0.565. The van der Waals surface area contributed by atoms with E-state index in [2.05, 4.69) is 14.6 Å². The van der Waals surface area contributed by atoms with E-state index in [9.17, 15) is 8.78 Å². The van der Waals surface area contributed by atoms with Crippen LogP contribution in [0.15, 0.2) is 34.5 Å². The number of anilines is 1. The second-order valence-electron chi connectivity index (χ2n) is 9.35. The summed E-state index contributed by atoms with van der Waals surface area (Å²) < 4.78 is 35.5. The molecule has 0 aromatic carbocycles. The van der Waals surface area contributed by atoms with E-state index < -0.39 is 6.61 Å². The molecule has 32 heavy (non-hydrogen) atoms. The highest BCUT2D eigenvalue weighted by molar-refractivity contribution is 6.16. The van der Waals surface area contributed by atoms with Crippen LogP contribution >= 0.6 is 0 Å². The van der Waals surface area contributed by atoms with Crippen molar-refractivity contribution in [2.24, 2.45) is 16.6 Å². The zero-order chi connectivity index (χ0) is 22.6. The molecule has 4 N–H and O–H groups in total. The number of piperidine rings is 1. The summed E-state index contributed by atoms with van der Waals surface area (Å²) in [7, 11) is 0. The molecular formula is C23H29F2N5O2.